The number of carbonyl (C=O) groups excluding carboxylic acids is 1. The van der Waals surface area contributed by atoms with E-state index in [-0.39, 0.29) is 28.8 Å². The van der Waals surface area contributed by atoms with Crippen LogP contribution < -0.4 is 0 Å². The molecule has 4 nitrogen and oxygen atoms in total. The summed E-state index contributed by atoms with van der Waals surface area (Å²) in [7, 11) is -2.21. The lowest BCUT2D eigenvalue weighted by Gasteiger charge is -2.56. The molecular weight excluding hydrogens is 405 g/mol. The second kappa shape index (κ2) is 8.10. The van der Waals surface area contributed by atoms with Crippen molar-refractivity contribution in [3.05, 3.63) is 23.0 Å². The second-order valence-electron chi connectivity index (χ2n) is 11.7. The quantitative estimate of drug-likeness (QED) is 0.506. The van der Waals surface area contributed by atoms with E-state index in [0.29, 0.717) is 29.0 Å². The predicted octanol–water partition coefficient (Wildman–Crippen LogP) is 6.44. The first-order valence-corrected chi connectivity index (χ1v) is 13.6. The van der Waals surface area contributed by atoms with Crippen LogP contribution in [0, 0.1) is 34.5 Å². The van der Waals surface area contributed by atoms with Crippen molar-refractivity contribution >= 4 is 13.9 Å². The maximum Gasteiger partial charge on any atom is 0.541 e. The average Bonchev–Trinajstić information content (AvgIpc) is 3.03. The van der Waals surface area contributed by atoms with Gasteiger partial charge in [0.25, 0.3) is 0 Å². The van der Waals surface area contributed by atoms with Crippen molar-refractivity contribution in [1.82, 2.24) is 4.90 Å². The molecule has 2 saturated carbocycles. The van der Waals surface area contributed by atoms with Crippen molar-refractivity contribution in [2.75, 3.05) is 0 Å². The molecule has 0 spiro atoms. The van der Waals surface area contributed by atoms with Crippen molar-refractivity contribution in [3.63, 3.8) is 0 Å². The third-order valence-corrected chi connectivity index (χ3v) is 10.5. The lowest BCUT2D eigenvalue weighted by Crippen LogP contribution is -2.53. The molecule has 0 radical (unpaired) electrons. The van der Waals surface area contributed by atoms with Gasteiger partial charge in [0.05, 0.1) is 0 Å². The summed E-state index contributed by atoms with van der Waals surface area (Å²) in [4.78, 5) is 25.4. The van der Waals surface area contributed by atoms with Crippen LogP contribution in [-0.4, -0.2) is 27.8 Å². The average molecular weight is 447 g/mol. The van der Waals surface area contributed by atoms with Crippen molar-refractivity contribution in [3.8, 4) is 0 Å². The van der Waals surface area contributed by atoms with Gasteiger partial charge in [-0.1, -0.05) is 19.9 Å². The highest BCUT2D eigenvalue weighted by molar-refractivity contribution is 7.43. The molecule has 1 N–H and O–H groups in total. The van der Waals surface area contributed by atoms with E-state index in [1.165, 1.54) is 18.4 Å². The van der Waals surface area contributed by atoms with E-state index in [1.807, 2.05) is 6.08 Å². The van der Waals surface area contributed by atoms with Crippen LogP contribution in [-0.2, 0) is 9.36 Å². The molecule has 172 valence electrons. The van der Waals surface area contributed by atoms with E-state index >= 15 is 0 Å². The molecule has 7 atom stereocenters. The minimum atomic E-state index is -2.21. The van der Waals surface area contributed by atoms with E-state index in [0.717, 1.165) is 32.1 Å². The van der Waals surface area contributed by atoms with Gasteiger partial charge < -0.3 is 4.90 Å². The van der Waals surface area contributed by atoms with Gasteiger partial charge in [-0.2, -0.15) is 4.89 Å². The van der Waals surface area contributed by atoms with E-state index in [9.17, 15) is 14.3 Å². The van der Waals surface area contributed by atoms with Crippen molar-refractivity contribution in [2.24, 2.45) is 34.5 Å². The summed E-state index contributed by atoms with van der Waals surface area (Å²) < 4.78 is 11.7. The number of amides is 1. The monoisotopic (exact) mass is 446 g/mol. The van der Waals surface area contributed by atoms with Gasteiger partial charge in [-0.3, -0.25) is 4.79 Å². The topological polar surface area (TPSA) is 57.6 Å². The molecule has 0 aromatic heterocycles. The molecule has 0 bridgehead atoms. The van der Waals surface area contributed by atoms with Crippen LogP contribution in [0.2, 0.25) is 0 Å². The lowest BCUT2D eigenvalue weighted by atomic mass is 9.48. The number of nitrogens with zero attached hydrogens (tertiary/aromatic N) is 1. The fraction of sp³-hybridized carbons (Fsp3) is 0.808. The Morgan fingerprint density at radius 3 is 2.39 bits per heavy atom. The number of hydrogen-bond acceptors (Lipinski definition) is 2. The van der Waals surface area contributed by atoms with Gasteiger partial charge in [0, 0.05) is 24.4 Å². The Morgan fingerprint density at radius 2 is 1.77 bits per heavy atom. The minimum absolute atomic E-state index is 0.103. The van der Waals surface area contributed by atoms with Crippen LogP contribution in [0.25, 0.3) is 0 Å². The van der Waals surface area contributed by atoms with Crippen LogP contribution in [0.4, 0.5) is 0 Å². The summed E-state index contributed by atoms with van der Waals surface area (Å²) in [5.41, 5.74) is 1.52. The summed E-state index contributed by atoms with van der Waals surface area (Å²) in [6, 6.07) is 0.485. The van der Waals surface area contributed by atoms with Gasteiger partial charge in [0.1, 0.15) is 0 Å². The smallest absolute Gasteiger partial charge is 0.338 e. The molecule has 31 heavy (non-hydrogen) atoms. The van der Waals surface area contributed by atoms with E-state index in [1.54, 1.807) is 0 Å². The van der Waals surface area contributed by atoms with Crippen LogP contribution in [0.3, 0.4) is 0 Å². The Hall–Kier alpha value is -0.990. The molecule has 0 saturated heterocycles. The SMILES string of the molecule is CC(C)N(C(=O)[C@H]1CC[C@H]2[C@@H]3CC=C4C=C([P+](=O)O)CC[C@]4(C)[C@H]3CC[C@]12C)C(C)C. The summed E-state index contributed by atoms with van der Waals surface area (Å²) in [6.07, 6.45) is 11.7. The fourth-order valence-corrected chi connectivity index (χ4v) is 8.70. The van der Waals surface area contributed by atoms with Crippen molar-refractivity contribution in [1.29, 1.82) is 0 Å². The Labute approximate surface area is 189 Å². The maximum atomic E-state index is 13.7. The van der Waals surface area contributed by atoms with Gasteiger partial charge in [0.15, 0.2) is 0 Å². The molecule has 0 aromatic carbocycles. The number of fused-ring (bicyclic) bond motifs is 5. The highest BCUT2D eigenvalue weighted by Gasteiger charge is 2.60. The van der Waals surface area contributed by atoms with E-state index in [2.05, 4.69) is 52.5 Å². The molecule has 4 rings (SSSR count). The second-order valence-corrected chi connectivity index (χ2v) is 12.8. The summed E-state index contributed by atoms with van der Waals surface area (Å²) in [5.74, 6) is 2.40. The summed E-state index contributed by atoms with van der Waals surface area (Å²) >= 11 is 0. The van der Waals surface area contributed by atoms with Gasteiger partial charge in [-0.25, -0.2) is 0 Å². The lowest BCUT2D eigenvalue weighted by molar-refractivity contribution is -0.146. The third kappa shape index (κ3) is 3.57. The molecule has 5 heteroatoms. The van der Waals surface area contributed by atoms with E-state index < -0.39 is 8.03 Å². The molecule has 1 amide bonds. The standard InChI is InChI=1S/C26H40NO3P/c1-16(2)27(17(3)4)24(28)23-10-9-21-20-8-7-18-15-19(31(29)30)11-13-25(18,5)22(20)12-14-26(21,23)6/h7,15-17,20-23H,8-14H2,1-6H3/p+1/t20-,21-,22-,23+,25-,26-/m0/s1. The van der Waals surface area contributed by atoms with Crippen molar-refractivity contribution in [2.45, 2.75) is 98.6 Å². The molecular formula is C26H41NO3P+. The van der Waals surface area contributed by atoms with Gasteiger partial charge in [-0.15, -0.1) is 0 Å². The summed E-state index contributed by atoms with van der Waals surface area (Å²) in [5, 5.41) is 0.715. The Bertz CT molecular complexity index is 823. The Kier molecular flexibility index (Phi) is 6.06. The van der Waals surface area contributed by atoms with Gasteiger partial charge >= 0.3 is 8.03 Å². The highest BCUT2D eigenvalue weighted by atomic mass is 31.1. The first-order valence-electron chi connectivity index (χ1n) is 12.4. The first kappa shape index (κ1) is 23.2. The van der Waals surface area contributed by atoms with Crippen molar-refractivity contribution < 1.29 is 14.3 Å². The van der Waals surface area contributed by atoms with Gasteiger partial charge in [0.2, 0.25) is 11.2 Å². The van der Waals surface area contributed by atoms with Crippen LogP contribution in [0.1, 0.15) is 86.5 Å². The predicted molar refractivity (Wildman–Crippen MR) is 126 cm³/mol. The Balaban J connectivity index is 1.62. The Morgan fingerprint density at radius 1 is 1.10 bits per heavy atom. The zero-order chi connectivity index (χ0) is 22.7. The molecule has 0 aliphatic heterocycles. The molecule has 4 aliphatic carbocycles. The van der Waals surface area contributed by atoms with Crippen LogP contribution >= 0.6 is 8.03 Å². The zero-order valence-corrected chi connectivity index (χ0v) is 21.1. The van der Waals surface area contributed by atoms with E-state index in [4.69, 9.17) is 0 Å². The number of hydrogen-bond donors (Lipinski definition) is 1. The number of allylic oxidation sites excluding steroid dienone is 4. The molecule has 0 aromatic rings. The minimum Gasteiger partial charge on any atom is -0.338 e. The highest BCUT2D eigenvalue weighted by Crippen LogP contribution is 2.66. The normalized spacial score (nSPS) is 40.0. The molecule has 2 fully saturated rings. The fourth-order valence-electron chi connectivity index (χ4n) is 8.15. The van der Waals surface area contributed by atoms with Crippen LogP contribution in [0.15, 0.2) is 23.0 Å². The molecule has 4 aliphatic rings. The molecule has 0 heterocycles. The zero-order valence-electron chi connectivity index (χ0n) is 20.2. The first-order chi connectivity index (χ1) is 14.5. The third-order valence-electron chi connectivity index (χ3n) is 9.66. The van der Waals surface area contributed by atoms with Crippen LogP contribution in [0.5, 0.6) is 0 Å². The number of carbonyl (C=O) groups is 1. The largest absolute Gasteiger partial charge is 0.541 e. The number of rotatable bonds is 4. The summed E-state index contributed by atoms with van der Waals surface area (Å²) in [6.45, 7) is 13.4. The molecule has 1 unspecified atom stereocenters. The maximum absolute atomic E-state index is 13.7. The van der Waals surface area contributed by atoms with Gasteiger partial charge in [-0.05, 0) is 111 Å².